The SMILES string of the molecule is C[C@]12C[C@H](F)CN(C1)c1nc(OC[C@@]34CCCN3C[C@H](F)C4)nc3c(F)c(ncc13)-c1cc(O)cc3cccc(c13)CCCOC(=O)N2. The first kappa shape index (κ1) is 30.9. The van der Waals surface area contributed by atoms with Crippen LogP contribution in [0.2, 0.25) is 0 Å². The van der Waals surface area contributed by atoms with Crippen molar-refractivity contribution in [3.8, 4) is 23.0 Å². The number of benzene rings is 2. The maximum Gasteiger partial charge on any atom is 0.407 e. The molecule has 0 radical (unpaired) electrons. The Balaban J connectivity index is 1.31. The third-order valence-corrected chi connectivity index (χ3v) is 10.3. The number of fused-ring (bicyclic) bond motifs is 7. The zero-order chi connectivity index (χ0) is 33.2. The average molecular weight is 663 g/mol. The maximum atomic E-state index is 17.0. The van der Waals surface area contributed by atoms with Crippen LogP contribution in [0.5, 0.6) is 11.8 Å². The Morgan fingerprint density at radius 2 is 2.00 bits per heavy atom. The molecular weight excluding hydrogens is 625 g/mol. The van der Waals surface area contributed by atoms with E-state index >= 15 is 8.78 Å². The Labute approximate surface area is 275 Å². The number of carbonyl (C=O) groups is 1. The molecule has 5 aliphatic rings. The number of aromatic nitrogens is 3. The largest absolute Gasteiger partial charge is 0.508 e. The van der Waals surface area contributed by atoms with E-state index in [1.54, 1.807) is 17.9 Å². The minimum absolute atomic E-state index is 0.0210. The van der Waals surface area contributed by atoms with Crippen LogP contribution in [-0.2, 0) is 11.2 Å². The lowest BCUT2D eigenvalue weighted by Crippen LogP contribution is -2.60. The minimum Gasteiger partial charge on any atom is -0.508 e. The lowest BCUT2D eigenvalue weighted by atomic mass is 9.90. The van der Waals surface area contributed by atoms with Gasteiger partial charge >= 0.3 is 12.1 Å². The van der Waals surface area contributed by atoms with Crippen molar-refractivity contribution in [1.82, 2.24) is 25.2 Å². The van der Waals surface area contributed by atoms with Gasteiger partial charge in [-0.1, -0.05) is 18.2 Å². The number of hydrogen-bond acceptors (Lipinski definition) is 9. The highest BCUT2D eigenvalue weighted by molar-refractivity contribution is 6.01. The van der Waals surface area contributed by atoms with Crippen molar-refractivity contribution < 1.29 is 32.5 Å². The standard InChI is InChI=1S/C35H37F3N6O4/c1-34-13-22(36)16-43(18-34)31-26-15-39-29(25-12-24(45)11-21-6-2-5-20(27(21)25)7-3-10-47-33(46)42-34)28(38)30(26)40-32(41-31)48-19-35-8-4-9-44(35)17-23(37)14-35/h2,5-6,11-12,15,22-23,45H,3-4,7-10,13-14,16-19H2,1H3,(H,42,46)/t22-,23+,34-,35-/m0/s1. The highest BCUT2D eigenvalue weighted by Gasteiger charge is 2.49. The molecular formula is C35H37F3N6O4. The average Bonchev–Trinajstić information content (AvgIpc) is 3.56. The molecule has 13 heteroatoms. The van der Waals surface area contributed by atoms with E-state index in [1.165, 1.54) is 12.3 Å². The van der Waals surface area contributed by atoms with E-state index in [2.05, 4.69) is 25.2 Å². The first-order valence-corrected chi connectivity index (χ1v) is 16.6. The van der Waals surface area contributed by atoms with Crippen molar-refractivity contribution >= 4 is 33.6 Å². The van der Waals surface area contributed by atoms with E-state index in [0.717, 1.165) is 24.9 Å². The molecule has 0 unspecified atom stereocenters. The maximum absolute atomic E-state index is 17.0. The summed E-state index contributed by atoms with van der Waals surface area (Å²) >= 11 is 0. The molecule has 9 rings (SSSR count). The van der Waals surface area contributed by atoms with E-state index in [-0.39, 0.29) is 66.9 Å². The smallest absolute Gasteiger partial charge is 0.407 e. The number of halogens is 3. The number of aryl methyl sites for hydroxylation is 1. The van der Waals surface area contributed by atoms with Crippen molar-refractivity contribution in [3.05, 3.63) is 47.9 Å². The minimum atomic E-state index is -1.35. The zero-order valence-corrected chi connectivity index (χ0v) is 26.6. The van der Waals surface area contributed by atoms with E-state index in [9.17, 15) is 14.3 Å². The Hall–Kier alpha value is -4.39. The van der Waals surface area contributed by atoms with Crippen LogP contribution in [0.15, 0.2) is 36.5 Å². The van der Waals surface area contributed by atoms with Crippen LogP contribution in [0.25, 0.3) is 32.9 Å². The summed E-state index contributed by atoms with van der Waals surface area (Å²) < 4.78 is 58.7. The summed E-state index contributed by atoms with van der Waals surface area (Å²) in [4.78, 5) is 30.5. The Bertz CT molecular complexity index is 1930. The molecule has 1 amide bonds. The molecule has 2 aromatic carbocycles. The number of hydrogen-bond donors (Lipinski definition) is 2. The van der Waals surface area contributed by atoms with Crippen LogP contribution >= 0.6 is 0 Å². The quantitative estimate of drug-likeness (QED) is 0.289. The van der Waals surface area contributed by atoms with E-state index in [4.69, 9.17) is 9.47 Å². The number of alkyl halides is 2. The van der Waals surface area contributed by atoms with Crippen molar-refractivity contribution in [3.63, 3.8) is 0 Å². The van der Waals surface area contributed by atoms with E-state index in [1.807, 2.05) is 18.2 Å². The number of carbonyl (C=O) groups excluding carboxylic acids is 1. The molecule has 4 atom stereocenters. The number of phenolic OH excluding ortho intramolecular Hbond substituents is 1. The van der Waals surface area contributed by atoms with Crippen LogP contribution < -0.4 is 15.0 Å². The zero-order valence-electron chi connectivity index (χ0n) is 26.6. The summed E-state index contributed by atoms with van der Waals surface area (Å²) in [5.74, 6) is -0.595. The number of alkyl carbamates (subject to hydrolysis) is 1. The number of phenols is 1. The number of nitrogens with one attached hydrogen (secondary N) is 1. The fraction of sp³-hybridized carbons (Fsp3) is 0.486. The lowest BCUT2D eigenvalue weighted by molar-refractivity contribution is 0.107. The van der Waals surface area contributed by atoms with Gasteiger partial charge < -0.3 is 24.8 Å². The second kappa shape index (κ2) is 11.6. The summed E-state index contributed by atoms with van der Waals surface area (Å²) in [6.45, 7) is 3.18. The van der Waals surface area contributed by atoms with Gasteiger partial charge in [0.2, 0.25) is 0 Å². The second-order valence-corrected chi connectivity index (χ2v) is 14.0. The van der Waals surface area contributed by atoms with Crippen LogP contribution in [0.4, 0.5) is 23.8 Å². The van der Waals surface area contributed by atoms with Gasteiger partial charge in [-0.25, -0.2) is 18.0 Å². The van der Waals surface area contributed by atoms with E-state index in [0.29, 0.717) is 42.1 Å². The molecule has 252 valence electrons. The number of piperidine rings is 1. The molecule has 2 N–H and O–H groups in total. The second-order valence-electron chi connectivity index (χ2n) is 14.0. The van der Waals surface area contributed by atoms with Crippen LogP contribution in [0.1, 0.15) is 44.6 Å². The topological polar surface area (TPSA) is 113 Å². The number of rotatable bonds is 3. The molecule has 0 aliphatic carbocycles. The number of nitrogens with zero attached hydrogens (tertiary/aromatic N) is 5. The molecule has 48 heavy (non-hydrogen) atoms. The molecule has 0 spiro atoms. The van der Waals surface area contributed by atoms with Gasteiger partial charge in [-0.05, 0) is 67.6 Å². The highest BCUT2D eigenvalue weighted by Crippen LogP contribution is 2.42. The number of amides is 1. The summed E-state index contributed by atoms with van der Waals surface area (Å²) in [5.41, 5.74) is -0.394. The third-order valence-electron chi connectivity index (χ3n) is 10.3. The van der Waals surface area contributed by atoms with Crippen molar-refractivity contribution in [1.29, 1.82) is 0 Å². The Morgan fingerprint density at radius 3 is 2.88 bits per heavy atom. The fourth-order valence-corrected chi connectivity index (χ4v) is 8.35. The summed E-state index contributed by atoms with van der Waals surface area (Å²) in [6, 6.07) is 8.57. The van der Waals surface area contributed by atoms with Gasteiger partial charge in [-0.2, -0.15) is 9.97 Å². The monoisotopic (exact) mass is 662 g/mol. The van der Waals surface area contributed by atoms with Crippen LogP contribution in [0, 0.1) is 5.82 Å². The van der Waals surface area contributed by atoms with Gasteiger partial charge in [0.1, 0.15) is 41.7 Å². The van der Waals surface area contributed by atoms with E-state index < -0.39 is 35.3 Å². The fourth-order valence-electron chi connectivity index (χ4n) is 8.35. The molecule has 3 fully saturated rings. The third kappa shape index (κ3) is 5.41. The first-order chi connectivity index (χ1) is 23.1. The van der Waals surface area contributed by atoms with Gasteiger partial charge in [0.15, 0.2) is 5.82 Å². The molecule has 3 saturated heterocycles. The number of anilines is 1. The van der Waals surface area contributed by atoms with Crippen molar-refractivity contribution in [2.45, 2.75) is 68.9 Å². The Kier molecular flexibility index (Phi) is 7.50. The van der Waals surface area contributed by atoms with Gasteiger partial charge in [0.05, 0.1) is 29.6 Å². The molecule has 5 aliphatic heterocycles. The predicted molar refractivity (Wildman–Crippen MR) is 173 cm³/mol. The number of aromatic hydroxyl groups is 1. The molecule has 6 bridgehead atoms. The summed E-state index contributed by atoms with van der Waals surface area (Å²) in [7, 11) is 0. The molecule has 4 aromatic rings. The molecule has 2 aromatic heterocycles. The van der Waals surface area contributed by atoms with Gasteiger partial charge in [0.25, 0.3) is 0 Å². The molecule has 7 heterocycles. The van der Waals surface area contributed by atoms with Gasteiger partial charge in [-0.3, -0.25) is 9.88 Å². The van der Waals surface area contributed by atoms with Crippen LogP contribution in [-0.4, -0.2) is 93.9 Å². The van der Waals surface area contributed by atoms with Crippen LogP contribution in [0.3, 0.4) is 0 Å². The summed E-state index contributed by atoms with van der Waals surface area (Å²) in [6.07, 6.45) is 1.54. The lowest BCUT2D eigenvalue weighted by Gasteiger charge is -2.42. The Morgan fingerprint density at radius 1 is 1.15 bits per heavy atom. The predicted octanol–water partition coefficient (Wildman–Crippen LogP) is 5.62. The number of ether oxygens (including phenoxy) is 2. The number of pyridine rings is 1. The van der Waals surface area contributed by atoms with Gasteiger partial charge in [-0.15, -0.1) is 0 Å². The summed E-state index contributed by atoms with van der Waals surface area (Å²) in [5, 5.41) is 15.2. The first-order valence-electron chi connectivity index (χ1n) is 16.6. The highest BCUT2D eigenvalue weighted by atomic mass is 19.1. The normalized spacial score (nSPS) is 27.7. The van der Waals surface area contributed by atoms with Gasteiger partial charge in [0, 0.05) is 37.7 Å². The van der Waals surface area contributed by atoms with Crippen molar-refractivity contribution in [2.75, 3.05) is 44.3 Å². The van der Waals surface area contributed by atoms with Crippen molar-refractivity contribution in [2.24, 2.45) is 0 Å². The molecule has 0 saturated carbocycles. The molecule has 10 nitrogen and oxygen atoms in total.